The molecule has 0 saturated carbocycles. The molecular formula is C6H14OV. The van der Waals surface area contributed by atoms with Gasteiger partial charge in [-0.1, -0.05) is 26.2 Å². The minimum atomic E-state index is 0. The van der Waals surface area contributed by atoms with Crippen LogP contribution in [0.25, 0.3) is 0 Å². The van der Waals surface area contributed by atoms with Crippen LogP contribution < -0.4 is 0 Å². The van der Waals surface area contributed by atoms with Crippen LogP contribution in [0.4, 0.5) is 0 Å². The molecule has 0 saturated heterocycles. The zero-order chi connectivity index (χ0) is 5.54. The van der Waals surface area contributed by atoms with Gasteiger partial charge in [0.05, 0.1) is 0 Å². The van der Waals surface area contributed by atoms with Crippen LogP contribution in [0.2, 0.25) is 0 Å². The number of hydrogen-bond acceptors (Lipinski definition) is 1. The van der Waals surface area contributed by atoms with Gasteiger partial charge >= 0.3 is 0 Å². The van der Waals surface area contributed by atoms with E-state index in [1.165, 1.54) is 19.3 Å². The summed E-state index contributed by atoms with van der Waals surface area (Å²) in [5.41, 5.74) is 0. The number of aliphatic hydroxyl groups excluding tert-OH is 1. The molecule has 0 aliphatic heterocycles. The van der Waals surface area contributed by atoms with Crippen LogP contribution in [0.15, 0.2) is 0 Å². The summed E-state index contributed by atoms with van der Waals surface area (Å²) in [6, 6.07) is 0. The van der Waals surface area contributed by atoms with Crippen molar-refractivity contribution in [3.05, 3.63) is 0 Å². The largest absolute Gasteiger partial charge is 0.396 e. The summed E-state index contributed by atoms with van der Waals surface area (Å²) in [6.45, 7) is 2.53. The molecule has 1 radical (unpaired) electrons. The molecule has 0 rings (SSSR count). The Balaban J connectivity index is 0. The molecular weight excluding hydrogens is 139 g/mol. The second kappa shape index (κ2) is 10.5. The molecule has 0 bridgehead atoms. The van der Waals surface area contributed by atoms with Crippen molar-refractivity contribution in [2.45, 2.75) is 32.6 Å². The maximum absolute atomic E-state index is 8.29. The summed E-state index contributed by atoms with van der Waals surface area (Å²) in [6.07, 6.45) is 4.68. The Labute approximate surface area is 63.4 Å². The van der Waals surface area contributed by atoms with Crippen LogP contribution in [-0.4, -0.2) is 11.7 Å². The molecule has 1 N–H and O–H groups in total. The molecule has 0 aromatic heterocycles. The van der Waals surface area contributed by atoms with Crippen molar-refractivity contribution in [1.82, 2.24) is 0 Å². The normalized spacial score (nSPS) is 8.25. The third-order valence-corrected chi connectivity index (χ3v) is 1.01. The van der Waals surface area contributed by atoms with Gasteiger partial charge in [-0.05, 0) is 6.42 Å². The van der Waals surface area contributed by atoms with Crippen molar-refractivity contribution >= 4 is 0 Å². The second-order valence-electron chi connectivity index (χ2n) is 1.78. The third kappa shape index (κ3) is 9.74. The first-order chi connectivity index (χ1) is 3.41. The summed E-state index contributed by atoms with van der Waals surface area (Å²) in [4.78, 5) is 0. The van der Waals surface area contributed by atoms with Crippen LogP contribution in [0, 0.1) is 0 Å². The van der Waals surface area contributed by atoms with Crippen molar-refractivity contribution in [2.24, 2.45) is 0 Å². The van der Waals surface area contributed by atoms with Gasteiger partial charge in [0.15, 0.2) is 0 Å². The van der Waals surface area contributed by atoms with Crippen LogP contribution in [0.5, 0.6) is 0 Å². The molecule has 1 nitrogen and oxygen atoms in total. The van der Waals surface area contributed by atoms with E-state index in [0.717, 1.165) is 6.42 Å². The van der Waals surface area contributed by atoms with Gasteiger partial charge in [-0.15, -0.1) is 0 Å². The standard InChI is InChI=1S/C6H14O.V/c1-2-3-4-5-6-7;/h7H,2-6H2,1H3;. The Bertz CT molecular complexity index is 27.7. The van der Waals surface area contributed by atoms with Gasteiger partial charge in [0.2, 0.25) is 0 Å². The molecule has 8 heavy (non-hydrogen) atoms. The fourth-order valence-corrected chi connectivity index (χ4v) is 0.539. The Morgan fingerprint density at radius 1 is 1.12 bits per heavy atom. The van der Waals surface area contributed by atoms with Crippen LogP contribution in [0.1, 0.15) is 32.6 Å². The molecule has 49 valence electrons. The first-order valence-electron chi connectivity index (χ1n) is 3.02. The zero-order valence-electron chi connectivity index (χ0n) is 5.43. The Morgan fingerprint density at radius 3 is 2.12 bits per heavy atom. The van der Waals surface area contributed by atoms with Crippen molar-refractivity contribution in [2.75, 3.05) is 6.61 Å². The predicted molar refractivity (Wildman–Crippen MR) is 31.2 cm³/mol. The van der Waals surface area contributed by atoms with Gasteiger partial charge in [-0.2, -0.15) is 0 Å². The van der Waals surface area contributed by atoms with Crippen LogP contribution in [0.3, 0.4) is 0 Å². The Kier molecular flexibility index (Phi) is 14.9. The molecule has 2 heteroatoms. The maximum atomic E-state index is 8.29. The molecule has 0 aromatic rings. The first-order valence-corrected chi connectivity index (χ1v) is 3.02. The molecule has 0 atom stereocenters. The SMILES string of the molecule is CCCCCCO.[V]. The van der Waals surface area contributed by atoms with Gasteiger partial charge in [-0.3, -0.25) is 0 Å². The number of aliphatic hydroxyl groups is 1. The molecule has 0 heterocycles. The van der Waals surface area contributed by atoms with Crippen molar-refractivity contribution in [1.29, 1.82) is 0 Å². The smallest absolute Gasteiger partial charge is 0.0431 e. The van der Waals surface area contributed by atoms with Gasteiger partial charge < -0.3 is 5.11 Å². The number of unbranched alkanes of at least 4 members (excludes halogenated alkanes) is 3. The summed E-state index contributed by atoms with van der Waals surface area (Å²) in [5, 5.41) is 8.29. The van der Waals surface area contributed by atoms with Gasteiger partial charge in [0, 0.05) is 25.2 Å². The molecule has 0 aliphatic carbocycles. The molecule has 0 amide bonds. The van der Waals surface area contributed by atoms with E-state index < -0.39 is 0 Å². The third-order valence-electron chi connectivity index (χ3n) is 1.01. The summed E-state index contributed by atoms with van der Waals surface area (Å²) in [5.74, 6) is 0. The Hall–Kier alpha value is 0.544. The fourth-order valence-electron chi connectivity index (χ4n) is 0.539. The van der Waals surface area contributed by atoms with Gasteiger partial charge in [0.25, 0.3) is 0 Å². The minimum absolute atomic E-state index is 0. The average Bonchev–Trinajstić information content (AvgIpc) is 1.69. The van der Waals surface area contributed by atoms with Crippen molar-refractivity contribution < 1.29 is 23.7 Å². The average molecular weight is 153 g/mol. The van der Waals surface area contributed by atoms with E-state index in [1.54, 1.807) is 0 Å². The predicted octanol–water partition coefficient (Wildman–Crippen LogP) is 1.56. The van der Waals surface area contributed by atoms with Gasteiger partial charge in [-0.25, -0.2) is 0 Å². The van der Waals surface area contributed by atoms with Crippen molar-refractivity contribution in [3.63, 3.8) is 0 Å². The topological polar surface area (TPSA) is 20.2 Å². The summed E-state index contributed by atoms with van der Waals surface area (Å²) >= 11 is 0. The molecule has 0 unspecified atom stereocenters. The second-order valence-corrected chi connectivity index (χ2v) is 1.78. The van der Waals surface area contributed by atoms with Gasteiger partial charge in [0.1, 0.15) is 0 Å². The minimum Gasteiger partial charge on any atom is -0.396 e. The van der Waals surface area contributed by atoms with Crippen LogP contribution in [-0.2, 0) is 18.6 Å². The van der Waals surface area contributed by atoms with E-state index in [-0.39, 0.29) is 18.6 Å². The van der Waals surface area contributed by atoms with Crippen LogP contribution >= 0.6 is 0 Å². The molecule has 0 fully saturated rings. The van der Waals surface area contributed by atoms with E-state index in [0.29, 0.717) is 6.61 Å². The molecule has 0 aliphatic rings. The van der Waals surface area contributed by atoms with E-state index in [9.17, 15) is 0 Å². The maximum Gasteiger partial charge on any atom is 0.0431 e. The monoisotopic (exact) mass is 153 g/mol. The van der Waals surface area contributed by atoms with E-state index in [2.05, 4.69) is 6.92 Å². The first kappa shape index (κ1) is 11.4. The number of hydrogen-bond donors (Lipinski definition) is 1. The quantitative estimate of drug-likeness (QED) is 0.607. The van der Waals surface area contributed by atoms with E-state index in [4.69, 9.17) is 5.11 Å². The van der Waals surface area contributed by atoms with E-state index >= 15 is 0 Å². The van der Waals surface area contributed by atoms with E-state index in [1.807, 2.05) is 0 Å². The summed E-state index contributed by atoms with van der Waals surface area (Å²) in [7, 11) is 0. The fraction of sp³-hybridized carbons (Fsp3) is 1.00. The van der Waals surface area contributed by atoms with Crippen molar-refractivity contribution in [3.8, 4) is 0 Å². The number of rotatable bonds is 4. The Morgan fingerprint density at radius 2 is 1.75 bits per heavy atom. The molecule has 0 aromatic carbocycles. The zero-order valence-corrected chi connectivity index (χ0v) is 6.83. The summed E-state index contributed by atoms with van der Waals surface area (Å²) < 4.78 is 0. The molecule has 0 spiro atoms.